The van der Waals surface area contributed by atoms with E-state index in [2.05, 4.69) is 9.71 Å². The van der Waals surface area contributed by atoms with Crippen molar-refractivity contribution in [2.45, 2.75) is 79.6 Å². The third-order valence-corrected chi connectivity index (χ3v) is 5.26. The van der Waals surface area contributed by atoms with Gasteiger partial charge in [0.1, 0.15) is 6.61 Å². The fourth-order valence-electron chi connectivity index (χ4n) is 2.33. The maximum Gasteiger partial charge on any atom is 0.420 e. The SMILES string of the molecule is C.CC.CC.CCCCS(=O)NC1(C)COc2c1cc(C(O)C(F)(F)F)nc2Cl. The number of unbranched alkanes of at least 4 members (excludes halogenated alkanes) is 1. The van der Waals surface area contributed by atoms with E-state index in [4.69, 9.17) is 16.3 Å². The molecule has 3 unspecified atom stereocenters. The molecule has 172 valence electrons. The van der Waals surface area contributed by atoms with Crippen LogP contribution in [0.3, 0.4) is 0 Å². The van der Waals surface area contributed by atoms with Crippen LogP contribution in [0.15, 0.2) is 6.07 Å². The molecule has 0 saturated heterocycles. The van der Waals surface area contributed by atoms with Crippen LogP contribution in [0.5, 0.6) is 5.75 Å². The van der Waals surface area contributed by atoms with Gasteiger partial charge in [-0.1, -0.05) is 60.1 Å². The summed E-state index contributed by atoms with van der Waals surface area (Å²) in [5.74, 6) is 0.551. The molecule has 2 heterocycles. The number of fused-ring (bicyclic) bond motifs is 1. The second-order valence-corrected chi connectivity index (χ2v) is 7.45. The molecule has 5 nitrogen and oxygen atoms in total. The number of nitrogens with zero attached hydrogens (tertiary/aromatic N) is 1. The van der Waals surface area contributed by atoms with Gasteiger partial charge in [-0.2, -0.15) is 13.2 Å². The van der Waals surface area contributed by atoms with Crippen LogP contribution in [0, 0.1) is 0 Å². The number of aliphatic hydroxyl groups is 1. The van der Waals surface area contributed by atoms with Crippen molar-refractivity contribution in [2.24, 2.45) is 0 Å². The molecule has 1 aliphatic rings. The number of ether oxygens (including phenoxy) is 1. The van der Waals surface area contributed by atoms with E-state index in [9.17, 15) is 22.5 Å². The predicted molar refractivity (Wildman–Crippen MR) is 114 cm³/mol. The summed E-state index contributed by atoms with van der Waals surface area (Å²) >= 11 is 5.90. The lowest BCUT2D eigenvalue weighted by molar-refractivity contribution is -0.208. The molecule has 0 saturated carbocycles. The summed E-state index contributed by atoms with van der Waals surface area (Å²) in [7, 11) is -1.38. The van der Waals surface area contributed by atoms with E-state index in [0.29, 0.717) is 11.3 Å². The molecular weight excluding hydrogens is 429 g/mol. The Morgan fingerprint density at radius 3 is 2.41 bits per heavy atom. The van der Waals surface area contributed by atoms with Crippen LogP contribution in [0.2, 0.25) is 5.15 Å². The fourth-order valence-corrected chi connectivity index (χ4v) is 3.91. The number of nitrogens with one attached hydrogen (secondary N) is 1. The lowest BCUT2D eigenvalue weighted by atomic mass is 9.95. The summed E-state index contributed by atoms with van der Waals surface area (Å²) in [6.45, 7) is 11.7. The first kappa shape index (κ1) is 30.3. The number of aromatic nitrogens is 1. The van der Waals surface area contributed by atoms with Gasteiger partial charge in [0, 0.05) is 11.3 Å². The average molecular weight is 463 g/mol. The summed E-state index contributed by atoms with van der Waals surface area (Å²) in [6.07, 6.45) is -6.00. The van der Waals surface area contributed by atoms with Gasteiger partial charge in [0.05, 0.1) is 22.2 Å². The first-order valence-electron chi connectivity index (χ1n) is 9.33. The van der Waals surface area contributed by atoms with Gasteiger partial charge in [0.25, 0.3) is 0 Å². The van der Waals surface area contributed by atoms with E-state index in [0.717, 1.165) is 18.9 Å². The minimum Gasteiger partial charge on any atom is -0.488 e. The van der Waals surface area contributed by atoms with Crippen LogP contribution >= 0.6 is 11.6 Å². The van der Waals surface area contributed by atoms with E-state index in [1.165, 1.54) is 0 Å². The van der Waals surface area contributed by atoms with Gasteiger partial charge in [0.2, 0.25) is 0 Å². The molecule has 2 N–H and O–H groups in total. The monoisotopic (exact) mass is 462 g/mol. The Kier molecular flexibility index (Phi) is 14.0. The van der Waals surface area contributed by atoms with Crippen LogP contribution in [-0.4, -0.2) is 32.8 Å². The molecule has 3 atom stereocenters. The van der Waals surface area contributed by atoms with Crippen molar-refractivity contribution < 1.29 is 27.2 Å². The molecular formula is C19H34ClF3N2O3S. The molecule has 0 aromatic carbocycles. The molecule has 1 aromatic rings. The lowest BCUT2D eigenvalue weighted by Gasteiger charge is -2.24. The number of hydrogen-bond donors (Lipinski definition) is 2. The Labute approximate surface area is 180 Å². The third-order valence-electron chi connectivity index (χ3n) is 3.66. The molecule has 0 aliphatic carbocycles. The van der Waals surface area contributed by atoms with Gasteiger partial charge >= 0.3 is 6.18 Å². The summed E-state index contributed by atoms with van der Waals surface area (Å²) in [6, 6.07) is 1.09. The highest BCUT2D eigenvalue weighted by atomic mass is 35.5. The summed E-state index contributed by atoms with van der Waals surface area (Å²) in [4.78, 5) is 3.57. The van der Waals surface area contributed by atoms with Crippen molar-refractivity contribution >= 4 is 22.6 Å². The normalized spacial score (nSPS) is 19.3. The number of halogens is 4. The molecule has 0 amide bonds. The van der Waals surface area contributed by atoms with Crippen molar-refractivity contribution in [3.63, 3.8) is 0 Å². The van der Waals surface area contributed by atoms with Gasteiger partial charge in [-0.05, 0) is 19.4 Å². The second kappa shape index (κ2) is 13.4. The predicted octanol–water partition coefficient (Wildman–Crippen LogP) is 5.68. The Hall–Kier alpha value is -0.900. The molecule has 10 heteroatoms. The molecule has 0 fully saturated rings. The van der Waals surface area contributed by atoms with E-state index in [1.807, 2.05) is 34.6 Å². The molecule has 29 heavy (non-hydrogen) atoms. The standard InChI is InChI=1S/C14H18ClF3N2O3S.2C2H6.CH4/c1-3-4-5-24(22)20-13(2)7-23-10-8(13)6-9(19-12(10)15)11(21)14(16,17)18;2*1-2;/h6,11,20-21H,3-5,7H2,1-2H3;2*1-2H3;1H4. The maximum atomic E-state index is 12.7. The lowest BCUT2D eigenvalue weighted by Crippen LogP contribution is -2.43. The zero-order chi connectivity index (χ0) is 22.1. The first-order chi connectivity index (χ1) is 13.1. The van der Waals surface area contributed by atoms with E-state index >= 15 is 0 Å². The van der Waals surface area contributed by atoms with Crippen molar-refractivity contribution in [3.05, 3.63) is 22.5 Å². The number of hydrogen-bond acceptors (Lipinski definition) is 4. The van der Waals surface area contributed by atoms with E-state index in [1.54, 1.807) is 6.92 Å². The number of alkyl halides is 3. The largest absolute Gasteiger partial charge is 0.488 e. The summed E-state index contributed by atoms with van der Waals surface area (Å²) < 4.78 is 58.6. The van der Waals surface area contributed by atoms with Gasteiger partial charge in [-0.15, -0.1) is 0 Å². The van der Waals surface area contributed by atoms with E-state index in [-0.39, 0.29) is 24.9 Å². The van der Waals surface area contributed by atoms with Crippen molar-refractivity contribution in [1.29, 1.82) is 0 Å². The Morgan fingerprint density at radius 1 is 1.38 bits per heavy atom. The van der Waals surface area contributed by atoms with Crippen LogP contribution in [0.25, 0.3) is 0 Å². The first-order valence-corrected chi connectivity index (χ1v) is 11.0. The minimum absolute atomic E-state index is 0. The Morgan fingerprint density at radius 2 is 1.93 bits per heavy atom. The van der Waals surface area contributed by atoms with Crippen molar-refractivity contribution in [3.8, 4) is 5.75 Å². The molecule has 0 spiro atoms. The van der Waals surface area contributed by atoms with Crippen LogP contribution in [0.1, 0.15) is 79.2 Å². The van der Waals surface area contributed by atoms with Crippen LogP contribution < -0.4 is 9.46 Å². The van der Waals surface area contributed by atoms with Crippen molar-refractivity contribution in [2.75, 3.05) is 12.4 Å². The zero-order valence-corrected chi connectivity index (χ0v) is 18.7. The maximum absolute atomic E-state index is 12.7. The van der Waals surface area contributed by atoms with Gasteiger partial charge in [-0.25, -0.2) is 13.9 Å². The molecule has 1 aliphatic heterocycles. The topological polar surface area (TPSA) is 71.5 Å². The highest BCUT2D eigenvalue weighted by Gasteiger charge is 2.44. The highest BCUT2D eigenvalue weighted by Crippen LogP contribution is 2.43. The fraction of sp³-hybridized carbons (Fsp3) is 0.737. The molecule has 0 radical (unpaired) electrons. The smallest absolute Gasteiger partial charge is 0.420 e. The van der Waals surface area contributed by atoms with E-state index < -0.39 is 34.5 Å². The average Bonchev–Trinajstić information content (AvgIpc) is 2.99. The van der Waals surface area contributed by atoms with Crippen LogP contribution in [-0.2, 0) is 16.5 Å². The molecule has 0 bridgehead atoms. The van der Waals surface area contributed by atoms with Gasteiger partial charge in [0.15, 0.2) is 17.0 Å². The molecule has 2 rings (SSSR count). The number of aliphatic hydroxyl groups excluding tert-OH is 1. The third kappa shape index (κ3) is 8.03. The highest BCUT2D eigenvalue weighted by molar-refractivity contribution is 7.83. The number of pyridine rings is 1. The van der Waals surface area contributed by atoms with Crippen molar-refractivity contribution in [1.82, 2.24) is 9.71 Å². The zero-order valence-electron chi connectivity index (χ0n) is 17.1. The minimum atomic E-state index is -4.86. The second-order valence-electron chi connectivity index (χ2n) is 5.78. The Bertz CT molecular complexity index is 648. The molecule has 1 aromatic heterocycles. The van der Waals surface area contributed by atoms with Crippen LogP contribution in [0.4, 0.5) is 13.2 Å². The van der Waals surface area contributed by atoms with Gasteiger partial charge < -0.3 is 9.84 Å². The number of rotatable bonds is 6. The summed E-state index contributed by atoms with van der Waals surface area (Å²) in [5.41, 5.74) is -1.31. The van der Waals surface area contributed by atoms with Gasteiger partial charge in [-0.3, -0.25) is 0 Å². The Balaban J connectivity index is 0. The summed E-state index contributed by atoms with van der Waals surface area (Å²) in [5, 5.41) is 9.15. The quantitative estimate of drug-likeness (QED) is 0.533.